The van der Waals surface area contributed by atoms with Gasteiger partial charge >= 0.3 is 0 Å². The lowest BCUT2D eigenvalue weighted by Gasteiger charge is -2.34. The maximum absolute atomic E-state index is 12.7. The van der Waals surface area contributed by atoms with Gasteiger partial charge in [-0.25, -0.2) is 8.42 Å². The van der Waals surface area contributed by atoms with Crippen molar-refractivity contribution in [3.8, 4) is 5.75 Å². The molecular weight excluding hydrogens is 406 g/mol. The van der Waals surface area contributed by atoms with Crippen LogP contribution in [-0.2, 0) is 14.8 Å². The first-order valence-electron chi connectivity index (χ1n) is 9.97. The lowest BCUT2D eigenvalue weighted by atomic mass is 10.0. The Labute approximate surface area is 176 Å². The lowest BCUT2D eigenvalue weighted by molar-refractivity contribution is -0.130. The number of aliphatic hydroxyl groups is 1. The molecule has 1 fully saturated rings. The molecule has 0 aromatic heterocycles. The number of sulfonamides is 1. The van der Waals surface area contributed by atoms with Crippen LogP contribution < -0.4 is 10.1 Å². The summed E-state index contributed by atoms with van der Waals surface area (Å²) < 4.78 is 32.5. The van der Waals surface area contributed by atoms with Crippen molar-refractivity contribution < 1.29 is 23.1 Å². The van der Waals surface area contributed by atoms with E-state index in [2.05, 4.69) is 5.32 Å². The van der Waals surface area contributed by atoms with Crippen molar-refractivity contribution in [1.29, 1.82) is 0 Å². The number of rotatable bonds is 5. The van der Waals surface area contributed by atoms with E-state index in [1.165, 1.54) is 4.31 Å². The minimum absolute atomic E-state index is 0.0708. The number of hydrogen-bond acceptors (Lipinski definition) is 6. The number of anilines is 1. The Morgan fingerprint density at radius 1 is 1.07 bits per heavy atom. The Balaban J connectivity index is 1.34. The van der Waals surface area contributed by atoms with Crippen LogP contribution in [-0.4, -0.2) is 68.0 Å². The number of piperazine rings is 1. The summed E-state index contributed by atoms with van der Waals surface area (Å²) in [6.07, 6.45) is -0.0169. The molecule has 30 heavy (non-hydrogen) atoms. The van der Waals surface area contributed by atoms with E-state index in [4.69, 9.17) is 4.74 Å². The Hall–Kier alpha value is -2.62. The molecule has 160 valence electrons. The maximum atomic E-state index is 12.7. The van der Waals surface area contributed by atoms with Crippen molar-refractivity contribution in [1.82, 2.24) is 9.21 Å². The van der Waals surface area contributed by atoms with Gasteiger partial charge in [-0.1, -0.05) is 30.3 Å². The van der Waals surface area contributed by atoms with E-state index in [9.17, 15) is 18.3 Å². The molecule has 0 aliphatic carbocycles. The van der Waals surface area contributed by atoms with Crippen molar-refractivity contribution in [2.45, 2.75) is 17.4 Å². The number of ether oxygens (including phenoxy) is 1. The third kappa shape index (κ3) is 4.14. The van der Waals surface area contributed by atoms with Gasteiger partial charge in [0, 0.05) is 38.2 Å². The van der Waals surface area contributed by atoms with Crippen LogP contribution in [0.3, 0.4) is 0 Å². The van der Waals surface area contributed by atoms with E-state index >= 15 is 0 Å². The van der Waals surface area contributed by atoms with Gasteiger partial charge in [-0.15, -0.1) is 0 Å². The monoisotopic (exact) mass is 431 g/mol. The molecule has 1 amide bonds. The average Bonchev–Trinajstić information content (AvgIpc) is 2.78. The number of nitrogens with one attached hydrogen (secondary N) is 1. The van der Waals surface area contributed by atoms with Crippen LogP contribution in [0, 0.1) is 0 Å². The molecule has 1 saturated heterocycles. The number of benzene rings is 2. The van der Waals surface area contributed by atoms with Crippen molar-refractivity contribution in [3.63, 3.8) is 0 Å². The highest BCUT2D eigenvalue weighted by atomic mass is 32.2. The number of carbonyl (C=O) groups is 1. The van der Waals surface area contributed by atoms with Gasteiger partial charge in [0.1, 0.15) is 5.75 Å². The predicted molar refractivity (Wildman–Crippen MR) is 112 cm³/mol. The number of aliphatic hydroxyl groups excluding tert-OH is 1. The quantitative estimate of drug-likeness (QED) is 0.744. The van der Waals surface area contributed by atoms with Gasteiger partial charge in [-0.3, -0.25) is 4.79 Å². The van der Waals surface area contributed by atoms with E-state index < -0.39 is 16.1 Å². The van der Waals surface area contributed by atoms with Crippen LogP contribution in [0.1, 0.15) is 18.1 Å². The molecule has 0 saturated carbocycles. The number of para-hydroxylation sites is 1. The van der Waals surface area contributed by atoms with E-state index in [-0.39, 0.29) is 30.4 Å². The van der Waals surface area contributed by atoms with Crippen LogP contribution in [0.25, 0.3) is 0 Å². The van der Waals surface area contributed by atoms with Crippen LogP contribution in [0.2, 0.25) is 0 Å². The third-order valence-corrected chi connectivity index (χ3v) is 7.36. The molecule has 0 bridgehead atoms. The van der Waals surface area contributed by atoms with Gasteiger partial charge in [-0.05, 0) is 18.2 Å². The first-order valence-corrected chi connectivity index (χ1v) is 11.4. The normalized spacial score (nSPS) is 19.6. The Morgan fingerprint density at radius 3 is 2.53 bits per heavy atom. The first-order chi connectivity index (χ1) is 14.5. The largest absolute Gasteiger partial charge is 0.491 e. The molecule has 2 aliphatic rings. The van der Waals surface area contributed by atoms with E-state index in [0.29, 0.717) is 37.6 Å². The minimum atomic E-state index is -3.54. The number of nitrogens with zero attached hydrogens (tertiary/aromatic N) is 2. The van der Waals surface area contributed by atoms with Crippen molar-refractivity contribution in [3.05, 3.63) is 54.1 Å². The van der Waals surface area contributed by atoms with Crippen molar-refractivity contribution in [2.75, 3.05) is 44.6 Å². The summed E-state index contributed by atoms with van der Waals surface area (Å²) in [5.74, 6) is 0.476. The molecule has 2 heterocycles. The SMILES string of the molecule is O=C(CNc1cccc2c1OCC[C@H]2O)N1CCN(S(=O)(=O)c2ccccc2)CC1. The van der Waals surface area contributed by atoms with Gasteiger partial charge in [-0.2, -0.15) is 4.31 Å². The molecule has 2 aromatic rings. The molecule has 4 rings (SSSR count). The molecule has 2 aliphatic heterocycles. The zero-order valence-corrected chi connectivity index (χ0v) is 17.3. The van der Waals surface area contributed by atoms with Gasteiger partial charge in [0.05, 0.1) is 29.8 Å². The summed E-state index contributed by atoms with van der Waals surface area (Å²) in [6.45, 7) is 1.71. The molecular formula is C21H25N3O5S. The second kappa shape index (κ2) is 8.63. The summed E-state index contributed by atoms with van der Waals surface area (Å²) in [7, 11) is -3.54. The Kier molecular flexibility index (Phi) is 5.94. The zero-order chi connectivity index (χ0) is 21.1. The maximum Gasteiger partial charge on any atom is 0.243 e. The van der Waals surface area contributed by atoms with Crippen LogP contribution in [0.5, 0.6) is 5.75 Å². The molecule has 0 unspecified atom stereocenters. The molecule has 0 spiro atoms. The second-order valence-electron chi connectivity index (χ2n) is 7.33. The smallest absolute Gasteiger partial charge is 0.243 e. The fraction of sp³-hybridized carbons (Fsp3) is 0.381. The van der Waals surface area contributed by atoms with Crippen molar-refractivity contribution in [2.24, 2.45) is 0 Å². The number of hydrogen-bond donors (Lipinski definition) is 2. The van der Waals surface area contributed by atoms with Gasteiger partial charge in [0.15, 0.2) is 0 Å². The number of amides is 1. The highest BCUT2D eigenvalue weighted by molar-refractivity contribution is 7.89. The fourth-order valence-electron chi connectivity index (χ4n) is 3.75. The summed E-state index contributed by atoms with van der Waals surface area (Å²) >= 11 is 0. The molecule has 9 heteroatoms. The molecule has 8 nitrogen and oxygen atoms in total. The molecule has 0 radical (unpaired) electrons. The number of fused-ring (bicyclic) bond motifs is 1. The fourth-order valence-corrected chi connectivity index (χ4v) is 5.19. The first kappa shape index (κ1) is 20.6. The van der Waals surface area contributed by atoms with Gasteiger partial charge in [0.25, 0.3) is 0 Å². The van der Waals surface area contributed by atoms with Crippen LogP contribution in [0.15, 0.2) is 53.4 Å². The Bertz CT molecular complexity index is 1000. The van der Waals surface area contributed by atoms with E-state index in [1.54, 1.807) is 35.2 Å². The van der Waals surface area contributed by atoms with Crippen molar-refractivity contribution >= 4 is 21.6 Å². The average molecular weight is 432 g/mol. The summed E-state index contributed by atoms with van der Waals surface area (Å²) in [5, 5.41) is 13.2. The topological polar surface area (TPSA) is 99.2 Å². The molecule has 1 atom stereocenters. The highest BCUT2D eigenvalue weighted by Crippen LogP contribution is 2.37. The minimum Gasteiger partial charge on any atom is -0.491 e. The van der Waals surface area contributed by atoms with Gasteiger partial charge in [0.2, 0.25) is 15.9 Å². The van der Waals surface area contributed by atoms with Crippen LogP contribution in [0.4, 0.5) is 5.69 Å². The highest BCUT2D eigenvalue weighted by Gasteiger charge is 2.30. The lowest BCUT2D eigenvalue weighted by Crippen LogP contribution is -2.51. The van der Waals surface area contributed by atoms with Gasteiger partial charge < -0.3 is 20.1 Å². The summed E-state index contributed by atoms with van der Waals surface area (Å²) in [4.78, 5) is 14.6. The van der Waals surface area contributed by atoms with Crippen LogP contribution >= 0.6 is 0 Å². The Morgan fingerprint density at radius 2 is 1.80 bits per heavy atom. The number of carbonyl (C=O) groups excluding carboxylic acids is 1. The molecule has 2 N–H and O–H groups in total. The molecule has 2 aromatic carbocycles. The summed E-state index contributed by atoms with van der Waals surface area (Å²) in [6, 6.07) is 13.8. The second-order valence-corrected chi connectivity index (χ2v) is 9.27. The van der Waals surface area contributed by atoms with E-state index in [0.717, 1.165) is 5.56 Å². The third-order valence-electron chi connectivity index (χ3n) is 5.44. The standard InChI is InChI=1S/C21H25N3O5S/c25-19-9-14-29-21-17(19)7-4-8-18(21)22-15-20(26)23-10-12-24(13-11-23)30(27,28)16-5-2-1-3-6-16/h1-8,19,22,25H,9-15H2/t19-/m1/s1. The summed E-state index contributed by atoms with van der Waals surface area (Å²) in [5.41, 5.74) is 1.39. The van der Waals surface area contributed by atoms with E-state index in [1.807, 2.05) is 18.2 Å². The zero-order valence-electron chi connectivity index (χ0n) is 16.5. The predicted octanol–water partition coefficient (Wildman–Crippen LogP) is 1.45.